The fourth-order valence-electron chi connectivity index (χ4n) is 5.94. The third kappa shape index (κ3) is 5.92. The number of ether oxygens (including phenoxy) is 1. The van der Waals surface area contributed by atoms with E-state index in [1.165, 1.54) is 6.42 Å². The van der Waals surface area contributed by atoms with Gasteiger partial charge in [-0.1, -0.05) is 17.7 Å². The Morgan fingerprint density at radius 3 is 2.69 bits per heavy atom. The first-order valence-corrected chi connectivity index (χ1v) is 13.7. The van der Waals surface area contributed by atoms with Crippen molar-refractivity contribution in [2.45, 2.75) is 69.4 Å². The number of nitrogens with zero attached hydrogens (tertiary/aromatic N) is 4. The van der Waals surface area contributed by atoms with Gasteiger partial charge >= 0.3 is 0 Å². The average molecular weight is 518 g/mol. The molecule has 1 spiro atoms. The van der Waals surface area contributed by atoms with E-state index in [0.29, 0.717) is 29.5 Å². The van der Waals surface area contributed by atoms with Crippen molar-refractivity contribution in [2.24, 2.45) is 5.92 Å². The van der Waals surface area contributed by atoms with E-state index >= 15 is 0 Å². The Labute approximate surface area is 218 Å². The molecule has 0 aromatic carbocycles. The molecule has 5 rings (SSSR count). The molecule has 0 bridgehead atoms. The van der Waals surface area contributed by atoms with Crippen LogP contribution in [0.4, 0.5) is 10.3 Å². The first kappa shape index (κ1) is 25.6. The minimum absolute atomic E-state index is 0.0160. The van der Waals surface area contributed by atoms with E-state index in [1.807, 2.05) is 17.9 Å². The standard InChI is InChI=1S/C27H37ClFN5O2/c1-26(36-13-2-4-20-6-11-33(12-7-20)25-30-16-22(28)17-31-25)9-5-21(23(29)15-26)14-24(35)34-18-27(19-34)8-3-10-32-27/h5,15-17,20,32H,2-4,6-14,18-19H2,1H3. The van der Waals surface area contributed by atoms with Crippen LogP contribution in [0.1, 0.15) is 58.3 Å². The third-order valence-electron chi connectivity index (χ3n) is 8.20. The molecule has 3 saturated heterocycles. The maximum Gasteiger partial charge on any atom is 0.227 e. The quantitative estimate of drug-likeness (QED) is 0.514. The number of nitrogens with one attached hydrogen (secondary N) is 1. The topological polar surface area (TPSA) is 70.6 Å². The van der Waals surface area contributed by atoms with Crippen LogP contribution < -0.4 is 10.2 Å². The van der Waals surface area contributed by atoms with Crippen LogP contribution in [-0.2, 0) is 9.53 Å². The third-order valence-corrected chi connectivity index (χ3v) is 8.39. The highest BCUT2D eigenvalue weighted by atomic mass is 35.5. The van der Waals surface area contributed by atoms with Gasteiger partial charge in [-0.25, -0.2) is 14.4 Å². The van der Waals surface area contributed by atoms with Crippen molar-refractivity contribution in [3.05, 3.63) is 41.0 Å². The molecule has 1 aromatic rings. The number of rotatable bonds is 8. The van der Waals surface area contributed by atoms with Crippen molar-refractivity contribution in [3.8, 4) is 0 Å². The lowest BCUT2D eigenvalue weighted by Gasteiger charge is -2.48. The van der Waals surface area contributed by atoms with Gasteiger partial charge in [0.05, 0.1) is 35.0 Å². The Kier molecular flexibility index (Phi) is 7.65. The van der Waals surface area contributed by atoms with Gasteiger partial charge in [-0.3, -0.25) is 4.79 Å². The normalized spacial score (nSPS) is 26.1. The summed E-state index contributed by atoms with van der Waals surface area (Å²) in [6, 6.07) is 0. The minimum atomic E-state index is -0.652. The first-order valence-electron chi connectivity index (χ1n) is 13.3. The molecule has 1 atom stereocenters. The molecule has 1 aliphatic carbocycles. The largest absolute Gasteiger partial charge is 0.371 e. The summed E-state index contributed by atoms with van der Waals surface area (Å²) in [5.74, 6) is 1.10. The van der Waals surface area contributed by atoms with E-state index in [4.69, 9.17) is 16.3 Å². The molecule has 1 N–H and O–H groups in total. The summed E-state index contributed by atoms with van der Waals surface area (Å²) in [6.07, 6.45) is 14.0. The number of amides is 1. The number of allylic oxidation sites excluding steroid dienone is 1. The lowest BCUT2D eigenvalue weighted by Crippen LogP contribution is -2.67. The Bertz CT molecular complexity index is 994. The maximum atomic E-state index is 14.9. The van der Waals surface area contributed by atoms with Gasteiger partial charge in [0.25, 0.3) is 0 Å². The molecule has 4 aliphatic rings. The number of carbonyl (C=O) groups excluding carboxylic acids is 1. The highest BCUT2D eigenvalue weighted by molar-refractivity contribution is 6.30. The molecule has 0 radical (unpaired) electrons. The number of aromatic nitrogens is 2. The highest BCUT2D eigenvalue weighted by Gasteiger charge is 2.46. The van der Waals surface area contributed by atoms with Crippen LogP contribution in [0.2, 0.25) is 5.02 Å². The van der Waals surface area contributed by atoms with Gasteiger partial charge in [0, 0.05) is 32.8 Å². The molecular weight excluding hydrogens is 481 g/mol. The smallest absolute Gasteiger partial charge is 0.227 e. The van der Waals surface area contributed by atoms with E-state index < -0.39 is 5.60 Å². The van der Waals surface area contributed by atoms with Crippen LogP contribution >= 0.6 is 11.6 Å². The molecule has 1 unspecified atom stereocenters. The van der Waals surface area contributed by atoms with Gasteiger partial charge in [-0.05, 0) is 76.0 Å². The summed E-state index contributed by atoms with van der Waals surface area (Å²) in [7, 11) is 0. The van der Waals surface area contributed by atoms with Crippen molar-refractivity contribution >= 4 is 23.5 Å². The molecule has 1 amide bonds. The minimum Gasteiger partial charge on any atom is -0.371 e. The summed E-state index contributed by atoms with van der Waals surface area (Å²) in [6.45, 7) is 6.95. The van der Waals surface area contributed by atoms with Gasteiger partial charge in [0.1, 0.15) is 5.83 Å². The summed E-state index contributed by atoms with van der Waals surface area (Å²) in [4.78, 5) is 25.3. The van der Waals surface area contributed by atoms with Gasteiger partial charge in [-0.2, -0.15) is 0 Å². The monoisotopic (exact) mass is 517 g/mol. The van der Waals surface area contributed by atoms with E-state index in [-0.39, 0.29) is 23.7 Å². The average Bonchev–Trinajstić information content (AvgIpc) is 3.34. The zero-order valence-corrected chi connectivity index (χ0v) is 21.9. The molecule has 4 heterocycles. The van der Waals surface area contributed by atoms with Gasteiger partial charge in [-0.15, -0.1) is 0 Å². The van der Waals surface area contributed by atoms with Crippen molar-refractivity contribution in [2.75, 3.05) is 44.2 Å². The van der Waals surface area contributed by atoms with Crippen molar-refractivity contribution in [1.82, 2.24) is 20.2 Å². The molecule has 3 fully saturated rings. The maximum absolute atomic E-state index is 14.9. The summed E-state index contributed by atoms with van der Waals surface area (Å²) in [5, 5.41) is 4.06. The number of piperidine rings is 1. The van der Waals surface area contributed by atoms with Crippen LogP contribution in [0.5, 0.6) is 0 Å². The number of likely N-dealkylation sites (tertiary alicyclic amines) is 1. The SMILES string of the molecule is CC1(OCCCC2CCN(c3ncc(Cl)cn3)CC2)C=C(F)C(CC(=O)N2CC3(CCCN3)C2)=CC1. The van der Waals surface area contributed by atoms with Crippen LogP contribution in [0, 0.1) is 5.92 Å². The lowest BCUT2D eigenvalue weighted by molar-refractivity contribution is -0.138. The van der Waals surface area contributed by atoms with E-state index in [9.17, 15) is 9.18 Å². The second kappa shape index (κ2) is 10.8. The zero-order chi connectivity index (χ0) is 25.2. The lowest BCUT2D eigenvalue weighted by atomic mass is 9.87. The van der Waals surface area contributed by atoms with Gasteiger partial charge in [0.2, 0.25) is 11.9 Å². The zero-order valence-electron chi connectivity index (χ0n) is 21.1. The summed E-state index contributed by atoms with van der Waals surface area (Å²) in [5.41, 5.74) is -0.0298. The molecule has 3 aliphatic heterocycles. The number of halogens is 2. The second-order valence-electron chi connectivity index (χ2n) is 11.1. The number of carbonyl (C=O) groups is 1. The van der Waals surface area contributed by atoms with E-state index in [1.54, 1.807) is 18.5 Å². The predicted octanol–water partition coefficient (Wildman–Crippen LogP) is 4.44. The number of anilines is 1. The Morgan fingerprint density at radius 2 is 2.03 bits per heavy atom. The summed E-state index contributed by atoms with van der Waals surface area (Å²) < 4.78 is 21.0. The molecule has 0 saturated carbocycles. The molecule has 196 valence electrons. The van der Waals surface area contributed by atoms with Crippen LogP contribution in [0.3, 0.4) is 0 Å². The predicted molar refractivity (Wildman–Crippen MR) is 139 cm³/mol. The van der Waals surface area contributed by atoms with Crippen LogP contribution in [-0.4, -0.2) is 71.2 Å². The van der Waals surface area contributed by atoms with Crippen LogP contribution in [0.25, 0.3) is 0 Å². The summed E-state index contributed by atoms with van der Waals surface area (Å²) >= 11 is 5.88. The van der Waals surface area contributed by atoms with E-state index in [2.05, 4.69) is 20.2 Å². The Hall–Kier alpha value is -2.03. The Balaban J connectivity index is 1.000. The number of hydrogen-bond donors (Lipinski definition) is 1. The fourth-order valence-corrected chi connectivity index (χ4v) is 6.04. The second-order valence-corrected chi connectivity index (χ2v) is 11.5. The number of hydrogen-bond acceptors (Lipinski definition) is 6. The van der Waals surface area contributed by atoms with Crippen LogP contribution in [0.15, 0.2) is 35.9 Å². The van der Waals surface area contributed by atoms with Crippen molar-refractivity contribution < 1.29 is 13.9 Å². The Morgan fingerprint density at radius 1 is 1.28 bits per heavy atom. The first-order chi connectivity index (χ1) is 17.3. The molecule has 36 heavy (non-hydrogen) atoms. The molecule has 1 aromatic heterocycles. The van der Waals surface area contributed by atoms with E-state index in [0.717, 1.165) is 70.8 Å². The van der Waals surface area contributed by atoms with Crippen molar-refractivity contribution in [3.63, 3.8) is 0 Å². The van der Waals surface area contributed by atoms with Gasteiger partial charge < -0.3 is 19.9 Å². The molecular formula is C27H37ClFN5O2. The molecule has 9 heteroatoms. The van der Waals surface area contributed by atoms with Crippen molar-refractivity contribution in [1.29, 1.82) is 0 Å². The molecule has 7 nitrogen and oxygen atoms in total. The highest BCUT2D eigenvalue weighted by Crippen LogP contribution is 2.35. The fraction of sp³-hybridized carbons (Fsp3) is 0.667. The van der Waals surface area contributed by atoms with Gasteiger partial charge in [0.15, 0.2) is 0 Å².